The van der Waals surface area contributed by atoms with Crippen LogP contribution in [-0.2, 0) is 4.74 Å². The second kappa shape index (κ2) is 7.66. The molecule has 0 N–H and O–H groups in total. The van der Waals surface area contributed by atoms with Crippen molar-refractivity contribution in [3.8, 4) is 0 Å². The van der Waals surface area contributed by atoms with Crippen LogP contribution in [-0.4, -0.2) is 43.7 Å². The lowest BCUT2D eigenvalue weighted by Gasteiger charge is -2.29. The molecule has 0 unspecified atom stereocenters. The summed E-state index contributed by atoms with van der Waals surface area (Å²) in [6.45, 7) is 9.83. The lowest BCUT2D eigenvalue weighted by molar-refractivity contribution is 0.0983. The average molecular weight is 339 g/mol. The number of rotatable bonds is 4. The van der Waals surface area contributed by atoms with E-state index in [2.05, 4.69) is 29.8 Å². The minimum absolute atomic E-state index is 0.0636. The van der Waals surface area contributed by atoms with Gasteiger partial charge in [0.25, 0.3) is 5.91 Å². The standard InChI is InChI=1S/C20H25N3O2/c1-4-23(19-7-5-6-15(2)16(19)3)20(24)18-14-17(8-9-21-18)22-10-12-25-13-11-22/h5-9,14H,4,10-13H2,1-3H3. The predicted molar refractivity (Wildman–Crippen MR) is 101 cm³/mol. The Bertz CT molecular complexity index is 754. The number of carbonyl (C=O) groups excluding carboxylic acids is 1. The molecule has 1 aliphatic rings. The van der Waals surface area contributed by atoms with Crippen molar-refractivity contribution in [1.29, 1.82) is 0 Å². The van der Waals surface area contributed by atoms with E-state index in [-0.39, 0.29) is 5.91 Å². The predicted octanol–water partition coefficient (Wildman–Crippen LogP) is 3.20. The average Bonchev–Trinajstić information content (AvgIpc) is 2.66. The highest BCUT2D eigenvalue weighted by Gasteiger charge is 2.21. The largest absolute Gasteiger partial charge is 0.378 e. The molecule has 1 aliphatic heterocycles. The molecule has 0 atom stereocenters. The van der Waals surface area contributed by atoms with Crippen LogP contribution in [0.1, 0.15) is 28.5 Å². The van der Waals surface area contributed by atoms with E-state index in [1.54, 1.807) is 11.1 Å². The minimum Gasteiger partial charge on any atom is -0.378 e. The molecule has 5 heteroatoms. The van der Waals surface area contributed by atoms with E-state index in [0.717, 1.165) is 43.2 Å². The molecule has 0 bridgehead atoms. The summed E-state index contributed by atoms with van der Waals surface area (Å²) in [4.78, 5) is 21.5. The molecule has 1 aromatic carbocycles. The fourth-order valence-electron chi connectivity index (χ4n) is 3.14. The molecule has 25 heavy (non-hydrogen) atoms. The van der Waals surface area contributed by atoms with Crippen LogP contribution in [0.4, 0.5) is 11.4 Å². The molecule has 1 aromatic heterocycles. The maximum atomic E-state index is 13.1. The van der Waals surface area contributed by atoms with Crippen LogP contribution in [0.15, 0.2) is 36.5 Å². The van der Waals surface area contributed by atoms with Crippen molar-refractivity contribution in [3.05, 3.63) is 53.3 Å². The van der Waals surface area contributed by atoms with Gasteiger partial charge in [0.2, 0.25) is 0 Å². The smallest absolute Gasteiger partial charge is 0.276 e. The molecule has 1 fully saturated rings. The van der Waals surface area contributed by atoms with Gasteiger partial charge < -0.3 is 14.5 Å². The van der Waals surface area contributed by atoms with Gasteiger partial charge in [0, 0.05) is 37.2 Å². The topological polar surface area (TPSA) is 45.7 Å². The number of pyridine rings is 1. The van der Waals surface area contributed by atoms with Crippen molar-refractivity contribution < 1.29 is 9.53 Å². The maximum absolute atomic E-state index is 13.1. The molecule has 132 valence electrons. The Morgan fingerprint density at radius 3 is 2.72 bits per heavy atom. The Balaban J connectivity index is 1.89. The van der Waals surface area contributed by atoms with E-state index >= 15 is 0 Å². The Hall–Kier alpha value is -2.40. The van der Waals surface area contributed by atoms with Gasteiger partial charge in [-0.25, -0.2) is 0 Å². The van der Waals surface area contributed by atoms with Crippen molar-refractivity contribution in [2.45, 2.75) is 20.8 Å². The first kappa shape index (κ1) is 17.4. The second-order valence-electron chi connectivity index (χ2n) is 6.27. The lowest BCUT2D eigenvalue weighted by Crippen LogP contribution is -2.36. The van der Waals surface area contributed by atoms with Gasteiger partial charge in [0.1, 0.15) is 5.69 Å². The minimum atomic E-state index is -0.0636. The van der Waals surface area contributed by atoms with Gasteiger partial charge in [0.05, 0.1) is 13.2 Å². The van der Waals surface area contributed by atoms with E-state index in [1.807, 2.05) is 31.2 Å². The lowest BCUT2D eigenvalue weighted by atomic mass is 10.1. The van der Waals surface area contributed by atoms with Crippen LogP contribution in [0.3, 0.4) is 0 Å². The van der Waals surface area contributed by atoms with E-state index in [0.29, 0.717) is 12.2 Å². The van der Waals surface area contributed by atoms with Crippen LogP contribution >= 0.6 is 0 Å². The molecule has 0 radical (unpaired) electrons. The van der Waals surface area contributed by atoms with Crippen LogP contribution in [0.2, 0.25) is 0 Å². The molecule has 1 saturated heterocycles. The molecule has 0 saturated carbocycles. The number of benzene rings is 1. The molecule has 2 aromatic rings. The third-order valence-corrected chi connectivity index (χ3v) is 4.77. The van der Waals surface area contributed by atoms with Crippen LogP contribution in [0.5, 0.6) is 0 Å². The number of amides is 1. The maximum Gasteiger partial charge on any atom is 0.276 e. The van der Waals surface area contributed by atoms with Gasteiger partial charge in [-0.05, 0) is 50.1 Å². The fraction of sp³-hybridized carbons (Fsp3) is 0.400. The van der Waals surface area contributed by atoms with E-state index in [1.165, 1.54) is 5.56 Å². The van der Waals surface area contributed by atoms with Gasteiger partial charge in [-0.1, -0.05) is 12.1 Å². The molecule has 3 rings (SSSR count). The number of aromatic nitrogens is 1. The summed E-state index contributed by atoms with van der Waals surface area (Å²) >= 11 is 0. The third kappa shape index (κ3) is 3.66. The highest BCUT2D eigenvalue weighted by Crippen LogP contribution is 2.25. The number of hydrogen-bond acceptors (Lipinski definition) is 4. The van der Waals surface area contributed by atoms with E-state index in [4.69, 9.17) is 4.74 Å². The zero-order chi connectivity index (χ0) is 17.8. The first-order valence-corrected chi connectivity index (χ1v) is 8.78. The number of nitrogens with zero attached hydrogens (tertiary/aromatic N) is 3. The molecule has 1 amide bonds. The zero-order valence-electron chi connectivity index (χ0n) is 15.2. The Morgan fingerprint density at radius 1 is 1.24 bits per heavy atom. The summed E-state index contributed by atoms with van der Waals surface area (Å²) < 4.78 is 5.40. The Labute approximate surface area is 149 Å². The van der Waals surface area contributed by atoms with Gasteiger partial charge in [-0.15, -0.1) is 0 Å². The first-order valence-electron chi connectivity index (χ1n) is 8.78. The van der Waals surface area contributed by atoms with Crippen LogP contribution < -0.4 is 9.80 Å². The Kier molecular flexibility index (Phi) is 5.34. The third-order valence-electron chi connectivity index (χ3n) is 4.77. The highest BCUT2D eigenvalue weighted by molar-refractivity contribution is 6.05. The van der Waals surface area contributed by atoms with E-state index < -0.39 is 0 Å². The van der Waals surface area contributed by atoms with Gasteiger partial charge in [-0.2, -0.15) is 0 Å². The van der Waals surface area contributed by atoms with Crippen molar-refractivity contribution in [3.63, 3.8) is 0 Å². The number of anilines is 2. The summed E-state index contributed by atoms with van der Waals surface area (Å²) in [7, 11) is 0. The molecule has 5 nitrogen and oxygen atoms in total. The SMILES string of the molecule is CCN(C(=O)c1cc(N2CCOCC2)ccn1)c1cccc(C)c1C. The number of morpholine rings is 1. The molecule has 0 spiro atoms. The van der Waals surface area contributed by atoms with Gasteiger partial charge >= 0.3 is 0 Å². The van der Waals surface area contributed by atoms with E-state index in [9.17, 15) is 4.79 Å². The zero-order valence-corrected chi connectivity index (χ0v) is 15.2. The molecular formula is C20H25N3O2. The molecular weight excluding hydrogens is 314 g/mol. The fourth-order valence-corrected chi connectivity index (χ4v) is 3.14. The number of carbonyl (C=O) groups is 1. The quantitative estimate of drug-likeness (QED) is 0.858. The van der Waals surface area contributed by atoms with Crippen LogP contribution in [0.25, 0.3) is 0 Å². The summed E-state index contributed by atoms with van der Waals surface area (Å²) in [5.41, 5.74) is 4.76. The second-order valence-corrected chi connectivity index (χ2v) is 6.27. The summed E-state index contributed by atoms with van der Waals surface area (Å²) in [5, 5.41) is 0. The summed E-state index contributed by atoms with van der Waals surface area (Å²) in [5.74, 6) is -0.0636. The van der Waals surface area contributed by atoms with Crippen molar-refractivity contribution in [2.75, 3.05) is 42.6 Å². The summed E-state index contributed by atoms with van der Waals surface area (Å²) in [6, 6.07) is 9.90. The number of aryl methyl sites for hydroxylation is 1. The molecule has 0 aliphatic carbocycles. The normalized spacial score (nSPS) is 14.4. The van der Waals surface area contributed by atoms with Crippen molar-refractivity contribution in [2.24, 2.45) is 0 Å². The summed E-state index contributed by atoms with van der Waals surface area (Å²) in [6.07, 6.45) is 1.72. The molecule has 2 heterocycles. The van der Waals surface area contributed by atoms with Gasteiger partial charge in [-0.3, -0.25) is 9.78 Å². The van der Waals surface area contributed by atoms with Gasteiger partial charge in [0.15, 0.2) is 0 Å². The number of hydrogen-bond donors (Lipinski definition) is 0. The highest BCUT2D eigenvalue weighted by atomic mass is 16.5. The number of ether oxygens (including phenoxy) is 1. The monoisotopic (exact) mass is 339 g/mol. The van der Waals surface area contributed by atoms with Crippen molar-refractivity contribution in [1.82, 2.24) is 4.98 Å². The van der Waals surface area contributed by atoms with Crippen LogP contribution in [0, 0.1) is 13.8 Å². The van der Waals surface area contributed by atoms with Crippen molar-refractivity contribution >= 4 is 17.3 Å². The first-order chi connectivity index (χ1) is 12.1. The Morgan fingerprint density at radius 2 is 2.00 bits per heavy atom.